The number of amides is 1. The molecule has 7 nitrogen and oxygen atoms in total. The molecule has 0 aliphatic carbocycles. The van der Waals surface area contributed by atoms with Crippen molar-refractivity contribution >= 4 is 11.9 Å². The smallest absolute Gasteiger partial charge is 0.338 e. The van der Waals surface area contributed by atoms with Gasteiger partial charge in [0.1, 0.15) is 13.2 Å². The Morgan fingerprint density at radius 1 is 1.10 bits per heavy atom. The van der Waals surface area contributed by atoms with Crippen LogP contribution in [-0.4, -0.2) is 38.7 Å². The molecule has 0 saturated heterocycles. The van der Waals surface area contributed by atoms with Gasteiger partial charge in [0.05, 0.1) is 25.2 Å². The molecule has 0 saturated carbocycles. The Labute approximate surface area is 182 Å². The number of fused-ring (bicyclic) bond motifs is 1. The highest BCUT2D eigenvalue weighted by Crippen LogP contribution is 2.45. The first-order valence-corrected chi connectivity index (χ1v) is 10.2. The number of hydrogen-bond donors (Lipinski definition) is 1. The Kier molecular flexibility index (Phi) is 6.43. The number of hydrogen-bond acceptors (Lipinski definition) is 6. The summed E-state index contributed by atoms with van der Waals surface area (Å²) in [6, 6.07) is 9.20. The van der Waals surface area contributed by atoms with Crippen LogP contribution in [0.4, 0.5) is 0 Å². The van der Waals surface area contributed by atoms with Crippen molar-refractivity contribution in [2.45, 2.75) is 40.3 Å². The van der Waals surface area contributed by atoms with E-state index >= 15 is 0 Å². The van der Waals surface area contributed by atoms with Crippen LogP contribution in [0.25, 0.3) is 11.1 Å². The van der Waals surface area contributed by atoms with E-state index in [4.69, 9.17) is 18.9 Å². The molecule has 7 heteroatoms. The molecule has 0 aromatic heterocycles. The van der Waals surface area contributed by atoms with Gasteiger partial charge in [-0.3, -0.25) is 4.79 Å². The highest BCUT2D eigenvalue weighted by Gasteiger charge is 2.31. The summed E-state index contributed by atoms with van der Waals surface area (Å²) >= 11 is 0. The second-order valence-corrected chi connectivity index (χ2v) is 8.43. The third-order valence-electron chi connectivity index (χ3n) is 5.11. The molecule has 1 aliphatic rings. The molecule has 1 N–H and O–H groups in total. The first kappa shape index (κ1) is 22.5. The zero-order valence-corrected chi connectivity index (χ0v) is 18.8. The molecular formula is C24H29NO6. The quantitative estimate of drug-likeness (QED) is 0.642. The number of nitrogens with one attached hydrogen (secondary N) is 1. The summed E-state index contributed by atoms with van der Waals surface area (Å²) in [6.07, 6.45) is 0. The Balaban J connectivity index is 2.00. The predicted molar refractivity (Wildman–Crippen MR) is 117 cm³/mol. The minimum Gasteiger partial charge on any atom is -0.493 e. The summed E-state index contributed by atoms with van der Waals surface area (Å²) in [5, 5.41) is 2.93. The lowest BCUT2D eigenvalue weighted by molar-refractivity contribution is -0.131. The van der Waals surface area contributed by atoms with Crippen LogP contribution >= 0.6 is 0 Å². The number of ether oxygens (including phenoxy) is 4. The van der Waals surface area contributed by atoms with Gasteiger partial charge in [-0.15, -0.1) is 0 Å². The van der Waals surface area contributed by atoms with E-state index in [1.54, 1.807) is 26.4 Å². The van der Waals surface area contributed by atoms with E-state index in [2.05, 4.69) is 5.32 Å². The van der Waals surface area contributed by atoms with Gasteiger partial charge in [0.15, 0.2) is 11.5 Å². The molecule has 2 aromatic carbocycles. The van der Waals surface area contributed by atoms with E-state index in [1.807, 2.05) is 45.9 Å². The van der Waals surface area contributed by atoms with Crippen LogP contribution in [0.5, 0.6) is 17.2 Å². The summed E-state index contributed by atoms with van der Waals surface area (Å²) in [7, 11) is 3.10. The first-order chi connectivity index (χ1) is 14.7. The second-order valence-electron chi connectivity index (χ2n) is 8.43. The molecular weight excluding hydrogens is 398 g/mol. The van der Waals surface area contributed by atoms with Gasteiger partial charge in [0, 0.05) is 17.2 Å². The number of esters is 1. The van der Waals surface area contributed by atoms with Gasteiger partial charge in [-0.05, 0) is 57.5 Å². The van der Waals surface area contributed by atoms with Crippen molar-refractivity contribution < 1.29 is 28.5 Å². The lowest BCUT2D eigenvalue weighted by Crippen LogP contribution is -2.43. The summed E-state index contributed by atoms with van der Waals surface area (Å²) in [5.41, 5.74) is 2.23. The average Bonchev–Trinajstić information content (AvgIpc) is 3.11. The third-order valence-corrected chi connectivity index (χ3v) is 5.11. The molecule has 3 rings (SSSR count). The summed E-state index contributed by atoms with van der Waals surface area (Å²) < 4.78 is 22.4. The zero-order valence-electron chi connectivity index (χ0n) is 18.8. The monoisotopic (exact) mass is 427 g/mol. The van der Waals surface area contributed by atoms with Gasteiger partial charge >= 0.3 is 5.97 Å². The molecule has 0 bridgehead atoms. The average molecular weight is 427 g/mol. The molecule has 166 valence electrons. The predicted octanol–water partition coefficient (Wildman–Crippen LogP) is 3.97. The first-order valence-electron chi connectivity index (χ1n) is 10.2. The lowest BCUT2D eigenvalue weighted by atomic mass is 9.93. The molecule has 1 heterocycles. The molecule has 0 radical (unpaired) electrons. The van der Waals surface area contributed by atoms with E-state index in [-0.39, 0.29) is 31.1 Å². The minimum absolute atomic E-state index is 0.0324. The highest BCUT2D eigenvalue weighted by molar-refractivity contribution is 5.94. The fourth-order valence-corrected chi connectivity index (χ4v) is 3.35. The Bertz CT molecular complexity index is 996. The summed E-state index contributed by atoms with van der Waals surface area (Å²) in [6.45, 7) is 7.87. The molecule has 2 aromatic rings. The van der Waals surface area contributed by atoms with E-state index in [1.165, 1.54) is 0 Å². The SMILES string of the molecule is COc1ccc(-c2ccc3c(c2)COC3=O)c(OCC(C)(C)C(=O)NC(C)C)c1OC. The van der Waals surface area contributed by atoms with E-state index in [0.717, 1.165) is 16.7 Å². The summed E-state index contributed by atoms with van der Waals surface area (Å²) in [4.78, 5) is 24.4. The van der Waals surface area contributed by atoms with Crippen molar-refractivity contribution in [2.24, 2.45) is 5.41 Å². The van der Waals surface area contributed by atoms with Gasteiger partial charge in [-0.25, -0.2) is 4.79 Å². The molecule has 0 unspecified atom stereocenters. The minimum atomic E-state index is -0.770. The highest BCUT2D eigenvalue weighted by atomic mass is 16.5. The van der Waals surface area contributed by atoms with Crippen LogP contribution in [-0.2, 0) is 16.1 Å². The maximum Gasteiger partial charge on any atom is 0.338 e. The number of benzene rings is 2. The largest absolute Gasteiger partial charge is 0.493 e. The van der Waals surface area contributed by atoms with Crippen LogP contribution in [0.15, 0.2) is 30.3 Å². The van der Waals surface area contributed by atoms with Crippen LogP contribution < -0.4 is 19.5 Å². The van der Waals surface area contributed by atoms with E-state index < -0.39 is 5.41 Å². The number of methoxy groups -OCH3 is 2. The third kappa shape index (κ3) is 4.60. The number of carbonyl (C=O) groups is 2. The van der Waals surface area contributed by atoms with Crippen molar-refractivity contribution in [3.63, 3.8) is 0 Å². The van der Waals surface area contributed by atoms with E-state index in [9.17, 15) is 9.59 Å². The van der Waals surface area contributed by atoms with Crippen LogP contribution in [0.2, 0.25) is 0 Å². The molecule has 0 fully saturated rings. The Morgan fingerprint density at radius 2 is 1.81 bits per heavy atom. The molecule has 0 spiro atoms. The van der Waals surface area contributed by atoms with Crippen molar-refractivity contribution in [2.75, 3.05) is 20.8 Å². The van der Waals surface area contributed by atoms with Gasteiger partial charge < -0.3 is 24.3 Å². The van der Waals surface area contributed by atoms with Crippen LogP contribution in [0.3, 0.4) is 0 Å². The fraction of sp³-hybridized carbons (Fsp3) is 0.417. The lowest BCUT2D eigenvalue weighted by Gasteiger charge is -2.26. The number of rotatable bonds is 8. The van der Waals surface area contributed by atoms with Crippen LogP contribution in [0, 0.1) is 5.41 Å². The van der Waals surface area contributed by atoms with Gasteiger partial charge in [-0.2, -0.15) is 0 Å². The maximum absolute atomic E-state index is 12.6. The van der Waals surface area contributed by atoms with Crippen molar-refractivity contribution in [1.29, 1.82) is 0 Å². The maximum atomic E-state index is 12.6. The topological polar surface area (TPSA) is 83.1 Å². The van der Waals surface area contributed by atoms with Crippen LogP contribution in [0.1, 0.15) is 43.6 Å². The Hall–Kier alpha value is -3.22. The van der Waals surface area contributed by atoms with Crippen molar-refractivity contribution in [1.82, 2.24) is 5.32 Å². The van der Waals surface area contributed by atoms with Gasteiger partial charge in [0.2, 0.25) is 11.7 Å². The zero-order chi connectivity index (χ0) is 22.8. The van der Waals surface area contributed by atoms with Gasteiger partial charge in [-0.1, -0.05) is 6.07 Å². The normalized spacial score (nSPS) is 12.9. The molecule has 1 aliphatic heterocycles. The molecule has 0 atom stereocenters. The second kappa shape index (κ2) is 8.88. The number of cyclic esters (lactones) is 1. The number of carbonyl (C=O) groups excluding carboxylic acids is 2. The van der Waals surface area contributed by atoms with Crippen molar-refractivity contribution in [3.05, 3.63) is 41.5 Å². The standard InChI is InChI=1S/C24H29NO6/c1-14(2)25-23(27)24(3,4)13-31-20-17(9-10-19(28-5)21(20)29-6)15-7-8-18-16(11-15)12-30-22(18)26/h7-11,14H,12-13H2,1-6H3,(H,25,27). The van der Waals surface area contributed by atoms with E-state index in [0.29, 0.717) is 22.8 Å². The fourth-order valence-electron chi connectivity index (χ4n) is 3.35. The van der Waals surface area contributed by atoms with Crippen molar-refractivity contribution in [3.8, 4) is 28.4 Å². The van der Waals surface area contributed by atoms with Gasteiger partial charge in [0.25, 0.3) is 0 Å². The molecule has 1 amide bonds. The summed E-state index contributed by atoms with van der Waals surface area (Å²) in [5.74, 6) is 1.01. The Morgan fingerprint density at radius 3 is 2.45 bits per heavy atom. The molecule has 31 heavy (non-hydrogen) atoms.